The Labute approximate surface area is 161 Å². The molecule has 2 bridgehead atoms. The fourth-order valence-electron chi connectivity index (χ4n) is 4.56. The smallest absolute Gasteiger partial charge is 0.202 e. The lowest BCUT2D eigenvalue weighted by molar-refractivity contribution is 0.395. The summed E-state index contributed by atoms with van der Waals surface area (Å²) in [5.74, 6) is 1.34. The molecule has 4 aromatic rings. The van der Waals surface area contributed by atoms with Crippen molar-refractivity contribution in [2.75, 3.05) is 0 Å². The molecule has 0 radical (unpaired) electrons. The van der Waals surface area contributed by atoms with Gasteiger partial charge in [0, 0.05) is 40.1 Å². The number of fused-ring (bicyclic) bond motifs is 6. The van der Waals surface area contributed by atoms with Gasteiger partial charge in [-0.2, -0.15) is 0 Å². The van der Waals surface area contributed by atoms with E-state index in [0.717, 1.165) is 34.0 Å². The van der Waals surface area contributed by atoms with Gasteiger partial charge in [-0.1, -0.05) is 30.4 Å². The first kappa shape index (κ1) is 15.5. The van der Waals surface area contributed by atoms with Gasteiger partial charge in [-0.25, -0.2) is 9.97 Å². The SMILES string of the molecule is Oc1c2c(c(O)n1-c1ccc(-c3ncc4ccccc4n3)cc1)[C@@H]1C=CC2C1. The van der Waals surface area contributed by atoms with E-state index in [9.17, 15) is 10.2 Å². The number of para-hydroxylation sites is 1. The van der Waals surface area contributed by atoms with E-state index in [2.05, 4.69) is 22.1 Å². The summed E-state index contributed by atoms with van der Waals surface area (Å²) in [4.78, 5) is 9.09. The van der Waals surface area contributed by atoms with Gasteiger partial charge in [0.05, 0.1) is 11.2 Å². The van der Waals surface area contributed by atoms with E-state index in [1.54, 1.807) is 0 Å². The Balaban J connectivity index is 1.41. The van der Waals surface area contributed by atoms with Crippen LogP contribution in [0.3, 0.4) is 0 Å². The number of nitrogens with zero attached hydrogens (tertiary/aromatic N) is 3. The quantitative estimate of drug-likeness (QED) is 0.506. The molecule has 0 aliphatic heterocycles. The van der Waals surface area contributed by atoms with Gasteiger partial charge < -0.3 is 10.2 Å². The number of hydrogen-bond acceptors (Lipinski definition) is 4. The first-order valence-electron chi connectivity index (χ1n) is 9.38. The summed E-state index contributed by atoms with van der Waals surface area (Å²) < 4.78 is 1.53. The number of benzene rings is 2. The van der Waals surface area contributed by atoms with Crippen LogP contribution in [0.4, 0.5) is 0 Å². The Hall–Kier alpha value is -3.60. The first-order chi connectivity index (χ1) is 13.7. The molecule has 2 aromatic heterocycles. The average Bonchev–Trinajstić information content (AvgIpc) is 3.42. The van der Waals surface area contributed by atoms with Gasteiger partial charge in [-0.3, -0.25) is 4.57 Å². The summed E-state index contributed by atoms with van der Waals surface area (Å²) in [6.45, 7) is 0. The highest BCUT2D eigenvalue weighted by atomic mass is 16.3. The summed E-state index contributed by atoms with van der Waals surface area (Å²) in [6, 6.07) is 15.5. The Morgan fingerprint density at radius 2 is 1.54 bits per heavy atom. The minimum absolute atomic E-state index is 0.138. The van der Waals surface area contributed by atoms with Crippen molar-refractivity contribution in [3.8, 4) is 28.8 Å². The number of aromatic hydroxyl groups is 2. The van der Waals surface area contributed by atoms with Crippen molar-refractivity contribution in [3.63, 3.8) is 0 Å². The summed E-state index contributed by atoms with van der Waals surface area (Å²) in [5, 5.41) is 22.5. The molecular weight excluding hydrogens is 350 g/mol. The van der Waals surface area contributed by atoms with Crippen molar-refractivity contribution in [2.24, 2.45) is 0 Å². The molecule has 0 amide bonds. The van der Waals surface area contributed by atoms with Gasteiger partial charge in [0.1, 0.15) is 0 Å². The van der Waals surface area contributed by atoms with Crippen molar-refractivity contribution < 1.29 is 10.2 Å². The van der Waals surface area contributed by atoms with Crippen molar-refractivity contribution in [1.29, 1.82) is 0 Å². The monoisotopic (exact) mass is 367 g/mol. The van der Waals surface area contributed by atoms with E-state index in [1.165, 1.54) is 4.57 Å². The van der Waals surface area contributed by atoms with E-state index in [4.69, 9.17) is 0 Å². The molecule has 0 spiro atoms. The molecule has 5 nitrogen and oxygen atoms in total. The molecule has 136 valence electrons. The number of rotatable bonds is 2. The molecule has 2 aliphatic carbocycles. The number of aromatic nitrogens is 3. The van der Waals surface area contributed by atoms with E-state index in [1.807, 2.05) is 54.7 Å². The van der Waals surface area contributed by atoms with Crippen LogP contribution in [0.5, 0.6) is 11.8 Å². The molecule has 2 N–H and O–H groups in total. The minimum atomic E-state index is 0.138. The van der Waals surface area contributed by atoms with Crippen molar-refractivity contribution in [2.45, 2.75) is 18.3 Å². The van der Waals surface area contributed by atoms with Gasteiger partial charge in [0.25, 0.3) is 0 Å². The van der Waals surface area contributed by atoms with Gasteiger partial charge in [-0.05, 0) is 36.8 Å². The normalized spacial score (nSPS) is 19.4. The summed E-state index contributed by atoms with van der Waals surface area (Å²) in [7, 11) is 0. The van der Waals surface area contributed by atoms with Crippen LogP contribution < -0.4 is 0 Å². The topological polar surface area (TPSA) is 71.2 Å². The summed E-state index contributed by atoms with van der Waals surface area (Å²) >= 11 is 0. The highest BCUT2D eigenvalue weighted by Crippen LogP contribution is 2.57. The number of allylic oxidation sites excluding steroid dienone is 2. The highest BCUT2D eigenvalue weighted by molar-refractivity contribution is 5.79. The van der Waals surface area contributed by atoms with Gasteiger partial charge in [0.2, 0.25) is 11.8 Å². The Bertz CT molecular complexity index is 1240. The van der Waals surface area contributed by atoms with E-state index < -0.39 is 0 Å². The van der Waals surface area contributed by atoms with E-state index >= 15 is 0 Å². The second-order valence-electron chi connectivity index (χ2n) is 7.44. The van der Waals surface area contributed by atoms with Gasteiger partial charge >= 0.3 is 0 Å². The second-order valence-corrected chi connectivity index (χ2v) is 7.44. The predicted molar refractivity (Wildman–Crippen MR) is 107 cm³/mol. The molecule has 2 heterocycles. The van der Waals surface area contributed by atoms with E-state index in [-0.39, 0.29) is 23.6 Å². The zero-order valence-electron chi connectivity index (χ0n) is 14.9. The van der Waals surface area contributed by atoms with Crippen LogP contribution in [0, 0.1) is 0 Å². The lowest BCUT2D eigenvalue weighted by atomic mass is 10.0. The molecular formula is C23H17N3O2. The molecule has 5 heteroatoms. The maximum atomic E-state index is 10.8. The third-order valence-electron chi connectivity index (χ3n) is 5.89. The van der Waals surface area contributed by atoms with Crippen molar-refractivity contribution in [3.05, 3.63) is 78.0 Å². The van der Waals surface area contributed by atoms with E-state index in [0.29, 0.717) is 11.5 Å². The predicted octanol–water partition coefficient (Wildman–Crippen LogP) is 4.64. The third-order valence-corrected chi connectivity index (χ3v) is 5.89. The van der Waals surface area contributed by atoms with Crippen molar-refractivity contribution >= 4 is 10.9 Å². The number of hydrogen-bond donors (Lipinski definition) is 2. The molecule has 2 aromatic carbocycles. The summed E-state index contributed by atoms with van der Waals surface area (Å²) in [6.07, 6.45) is 7.01. The largest absolute Gasteiger partial charge is 0.494 e. The maximum absolute atomic E-state index is 10.8. The van der Waals surface area contributed by atoms with Gasteiger partial charge in [-0.15, -0.1) is 0 Å². The molecule has 1 unspecified atom stereocenters. The molecule has 0 saturated heterocycles. The van der Waals surface area contributed by atoms with Crippen LogP contribution in [0.2, 0.25) is 0 Å². The first-order valence-corrected chi connectivity index (χ1v) is 9.38. The van der Waals surface area contributed by atoms with Gasteiger partial charge in [0.15, 0.2) is 5.82 Å². The molecule has 2 atom stereocenters. The molecule has 6 rings (SSSR count). The zero-order valence-corrected chi connectivity index (χ0v) is 14.9. The van der Waals surface area contributed by atoms with Crippen LogP contribution in [0.25, 0.3) is 28.0 Å². The van der Waals surface area contributed by atoms with Crippen molar-refractivity contribution in [1.82, 2.24) is 14.5 Å². The molecule has 2 aliphatic rings. The summed E-state index contributed by atoms with van der Waals surface area (Å²) in [5.41, 5.74) is 4.24. The minimum Gasteiger partial charge on any atom is -0.494 e. The lowest BCUT2D eigenvalue weighted by Gasteiger charge is -2.10. The third kappa shape index (κ3) is 2.01. The second kappa shape index (κ2) is 5.45. The Kier molecular flexibility index (Phi) is 3.01. The van der Waals surface area contributed by atoms with Crippen LogP contribution >= 0.6 is 0 Å². The fraction of sp³-hybridized carbons (Fsp3) is 0.130. The zero-order chi connectivity index (χ0) is 18.8. The molecule has 28 heavy (non-hydrogen) atoms. The van der Waals surface area contributed by atoms with Crippen LogP contribution in [-0.2, 0) is 0 Å². The fourth-order valence-corrected chi connectivity index (χ4v) is 4.56. The van der Waals surface area contributed by atoms with Crippen LogP contribution in [-0.4, -0.2) is 24.7 Å². The van der Waals surface area contributed by atoms with Crippen LogP contribution in [0.15, 0.2) is 66.9 Å². The molecule has 0 fully saturated rings. The highest BCUT2D eigenvalue weighted by Gasteiger charge is 2.41. The molecule has 0 saturated carbocycles. The maximum Gasteiger partial charge on any atom is 0.202 e. The average molecular weight is 367 g/mol. The van der Waals surface area contributed by atoms with Crippen LogP contribution in [0.1, 0.15) is 29.4 Å². The lowest BCUT2D eigenvalue weighted by Crippen LogP contribution is -1.96. The Morgan fingerprint density at radius 3 is 2.25 bits per heavy atom. The Morgan fingerprint density at radius 1 is 0.857 bits per heavy atom. The standard InChI is InChI=1S/C23H17N3O2/c27-22-19-14-5-6-15(11-14)20(19)23(28)26(22)17-9-7-13(8-10-17)21-24-12-16-3-1-2-4-18(16)25-21/h1-10,12,14-15,27-28H,11H2/t14-,15?/m1/s1.